The maximum absolute atomic E-state index is 9.58. The summed E-state index contributed by atoms with van der Waals surface area (Å²) >= 11 is 0. The fourth-order valence-electron chi connectivity index (χ4n) is 1.24. The molecule has 1 aliphatic heterocycles. The van der Waals surface area contributed by atoms with Gasteiger partial charge in [-0.1, -0.05) is 0 Å². The van der Waals surface area contributed by atoms with E-state index in [0.29, 0.717) is 12.6 Å². The molecule has 1 rings (SSSR count). The first kappa shape index (κ1) is 8.97. The van der Waals surface area contributed by atoms with E-state index >= 15 is 0 Å². The summed E-state index contributed by atoms with van der Waals surface area (Å²) in [6, 6.07) is 0.520. The monoisotopic (exact) mass is 158 g/mol. The summed E-state index contributed by atoms with van der Waals surface area (Å²) in [5.74, 6) is 0. The van der Waals surface area contributed by atoms with Crippen molar-refractivity contribution in [3.05, 3.63) is 0 Å². The van der Waals surface area contributed by atoms with Gasteiger partial charge in [0.05, 0.1) is 5.60 Å². The normalized spacial score (nSPS) is 34.6. The Kier molecular flexibility index (Phi) is 2.52. The summed E-state index contributed by atoms with van der Waals surface area (Å²) in [6.45, 7) is 7.77. The molecule has 2 N–H and O–H groups in total. The molecule has 1 saturated heterocycles. The molecule has 1 atom stereocenters. The fourth-order valence-corrected chi connectivity index (χ4v) is 1.24. The molecular formula is C8H18N2O. The van der Waals surface area contributed by atoms with Gasteiger partial charge < -0.3 is 5.11 Å². The Morgan fingerprint density at radius 3 is 2.55 bits per heavy atom. The molecule has 0 amide bonds. The second kappa shape index (κ2) is 3.09. The molecule has 0 aliphatic carbocycles. The van der Waals surface area contributed by atoms with Crippen LogP contribution in [0.25, 0.3) is 0 Å². The molecule has 3 nitrogen and oxygen atoms in total. The predicted octanol–water partition coefficient (Wildman–Crippen LogP) is 0.356. The topological polar surface area (TPSA) is 35.5 Å². The van der Waals surface area contributed by atoms with Gasteiger partial charge in [0.15, 0.2) is 0 Å². The maximum Gasteiger partial charge on any atom is 0.0770 e. The zero-order valence-electron chi connectivity index (χ0n) is 7.59. The molecule has 3 heteroatoms. The van der Waals surface area contributed by atoms with Crippen LogP contribution in [0.2, 0.25) is 0 Å². The Morgan fingerprint density at radius 2 is 2.18 bits per heavy atom. The van der Waals surface area contributed by atoms with Crippen molar-refractivity contribution in [3.8, 4) is 0 Å². The molecule has 0 bridgehead atoms. The van der Waals surface area contributed by atoms with Crippen LogP contribution in [0.1, 0.15) is 27.2 Å². The second-order valence-electron chi connectivity index (χ2n) is 3.87. The van der Waals surface area contributed by atoms with E-state index in [-0.39, 0.29) is 0 Å². The summed E-state index contributed by atoms with van der Waals surface area (Å²) < 4.78 is 0. The van der Waals surface area contributed by atoms with Gasteiger partial charge in [-0.2, -0.15) is 0 Å². The van der Waals surface area contributed by atoms with Gasteiger partial charge >= 0.3 is 0 Å². The van der Waals surface area contributed by atoms with E-state index in [1.165, 1.54) is 0 Å². The molecule has 11 heavy (non-hydrogen) atoms. The third-order valence-electron chi connectivity index (χ3n) is 2.18. The van der Waals surface area contributed by atoms with Gasteiger partial charge in [-0.3, -0.25) is 5.43 Å². The highest BCUT2D eigenvalue weighted by atomic mass is 16.3. The molecule has 1 heterocycles. The van der Waals surface area contributed by atoms with Gasteiger partial charge in [-0.15, -0.1) is 0 Å². The maximum atomic E-state index is 9.58. The SMILES string of the molecule is CC(C)N1CCC(C)(O)CN1. The zero-order valence-corrected chi connectivity index (χ0v) is 7.59. The third-order valence-corrected chi connectivity index (χ3v) is 2.18. The van der Waals surface area contributed by atoms with Gasteiger partial charge in [0.1, 0.15) is 0 Å². The highest BCUT2D eigenvalue weighted by molar-refractivity contribution is 4.81. The van der Waals surface area contributed by atoms with Crippen LogP contribution in [-0.4, -0.2) is 34.8 Å². The van der Waals surface area contributed by atoms with Crippen LogP contribution >= 0.6 is 0 Å². The molecule has 0 aromatic heterocycles. The van der Waals surface area contributed by atoms with E-state index in [9.17, 15) is 5.11 Å². The van der Waals surface area contributed by atoms with E-state index in [2.05, 4.69) is 24.3 Å². The molecule has 0 aromatic rings. The Morgan fingerprint density at radius 1 is 1.55 bits per heavy atom. The van der Waals surface area contributed by atoms with Gasteiger partial charge in [0.25, 0.3) is 0 Å². The number of hydrogen-bond donors (Lipinski definition) is 2. The second-order valence-corrected chi connectivity index (χ2v) is 3.87. The van der Waals surface area contributed by atoms with Crippen LogP contribution in [0.3, 0.4) is 0 Å². The summed E-state index contributed by atoms with van der Waals surface area (Å²) in [4.78, 5) is 0. The summed E-state index contributed by atoms with van der Waals surface area (Å²) in [6.07, 6.45) is 0.859. The number of β-amino-alcohol motifs (C(OH)–C–C–N with tert-alkyl or cyclic N) is 1. The Balaban J connectivity index is 2.36. The van der Waals surface area contributed by atoms with Crippen LogP contribution in [0.5, 0.6) is 0 Å². The summed E-state index contributed by atoms with van der Waals surface area (Å²) in [5.41, 5.74) is 2.68. The Labute approximate surface area is 68.4 Å². The smallest absolute Gasteiger partial charge is 0.0770 e. The fraction of sp³-hybridized carbons (Fsp3) is 1.00. The average molecular weight is 158 g/mol. The summed E-state index contributed by atoms with van der Waals surface area (Å²) in [7, 11) is 0. The van der Waals surface area contributed by atoms with E-state index < -0.39 is 5.60 Å². The lowest BCUT2D eigenvalue weighted by Crippen LogP contribution is -2.56. The number of nitrogens with zero attached hydrogens (tertiary/aromatic N) is 1. The van der Waals surface area contributed by atoms with E-state index in [1.807, 2.05) is 6.92 Å². The van der Waals surface area contributed by atoms with E-state index in [1.54, 1.807) is 0 Å². The van der Waals surface area contributed by atoms with Crippen LogP contribution in [0, 0.1) is 0 Å². The van der Waals surface area contributed by atoms with Crippen LogP contribution < -0.4 is 5.43 Å². The highest BCUT2D eigenvalue weighted by Crippen LogP contribution is 2.14. The minimum Gasteiger partial charge on any atom is -0.389 e. The minimum absolute atomic E-state index is 0.509. The molecular weight excluding hydrogens is 140 g/mol. The molecule has 1 fully saturated rings. The van der Waals surface area contributed by atoms with Crippen molar-refractivity contribution in [1.82, 2.24) is 10.4 Å². The minimum atomic E-state index is -0.509. The highest BCUT2D eigenvalue weighted by Gasteiger charge is 2.27. The quantitative estimate of drug-likeness (QED) is 0.578. The van der Waals surface area contributed by atoms with Crippen molar-refractivity contribution in [2.24, 2.45) is 0 Å². The lowest BCUT2D eigenvalue weighted by atomic mass is 10.0. The number of rotatable bonds is 1. The first-order valence-electron chi connectivity index (χ1n) is 4.24. The zero-order chi connectivity index (χ0) is 8.48. The lowest BCUT2D eigenvalue weighted by Gasteiger charge is -2.38. The third kappa shape index (κ3) is 2.43. The van der Waals surface area contributed by atoms with Gasteiger partial charge in [0.2, 0.25) is 0 Å². The number of hydrogen-bond acceptors (Lipinski definition) is 3. The molecule has 0 saturated carbocycles. The Hall–Kier alpha value is -0.120. The molecule has 0 aromatic carbocycles. The van der Waals surface area contributed by atoms with Crippen molar-refractivity contribution in [3.63, 3.8) is 0 Å². The largest absolute Gasteiger partial charge is 0.389 e. The molecule has 1 unspecified atom stereocenters. The van der Waals surface area contributed by atoms with E-state index in [4.69, 9.17) is 0 Å². The molecule has 0 spiro atoms. The van der Waals surface area contributed by atoms with Crippen molar-refractivity contribution < 1.29 is 5.11 Å². The van der Waals surface area contributed by atoms with Crippen molar-refractivity contribution in [2.45, 2.75) is 38.8 Å². The molecule has 1 aliphatic rings. The van der Waals surface area contributed by atoms with Gasteiger partial charge in [-0.05, 0) is 27.2 Å². The number of aliphatic hydroxyl groups is 1. The number of hydrazine groups is 1. The van der Waals surface area contributed by atoms with E-state index in [0.717, 1.165) is 13.0 Å². The standard InChI is InChI=1S/C8H18N2O/c1-7(2)10-5-4-8(3,11)6-9-10/h7,9,11H,4-6H2,1-3H3. The van der Waals surface area contributed by atoms with Gasteiger partial charge in [0, 0.05) is 19.1 Å². The van der Waals surface area contributed by atoms with Crippen LogP contribution in [0.4, 0.5) is 0 Å². The van der Waals surface area contributed by atoms with Crippen LogP contribution in [0.15, 0.2) is 0 Å². The van der Waals surface area contributed by atoms with Crippen molar-refractivity contribution in [2.75, 3.05) is 13.1 Å². The first-order valence-corrected chi connectivity index (χ1v) is 4.24. The average Bonchev–Trinajstić information content (AvgIpc) is 1.86. The first-order chi connectivity index (χ1) is 5.01. The molecule has 66 valence electrons. The predicted molar refractivity (Wildman–Crippen MR) is 45.1 cm³/mol. The Bertz CT molecular complexity index is 124. The molecule has 0 radical (unpaired) electrons. The summed E-state index contributed by atoms with van der Waals surface area (Å²) in [5, 5.41) is 11.7. The van der Waals surface area contributed by atoms with Crippen molar-refractivity contribution >= 4 is 0 Å². The van der Waals surface area contributed by atoms with Crippen molar-refractivity contribution in [1.29, 1.82) is 0 Å². The van der Waals surface area contributed by atoms with Gasteiger partial charge in [-0.25, -0.2) is 5.01 Å². The lowest BCUT2D eigenvalue weighted by molar-refractivity contribution is -0.0322. The number of nitrogens with one attached hydrogen (secondary N) is 1. The van der Waals surface area contributed by atoms with Crippen LogP contribution in [-0.2, 0) is 0 Å².